The van der Waals surface area contributed by atoms with Gasteiger partial charge in [-0.3, -0.25) is 14.9 Å². The number of nitro groups is 1. The Labute approximate surface area is 171 Å². The van der Waals surface area contributed by atoms with Crippen molar-refractivity contribution in [3.8, 4) is 5.75 Å². The van der Waals surface area contributed by atoms with Gasteiger partial charge in [-0.05, 0) is 23.8 Å². The van der Waals surface area contributed by atoms with Gasteiger partial charge >= 0.3 is 0 Å². The van der Waals surface area contributed by atoms with Crippen molar-refractivity contribution in [1.29, 1.82) is 0 Å². The first kappa shape index (κ1) is 20.3. The molecule has 0 atom stereocenters. The first-order valence-corrected chi connectivity index (χ1v) is 8.82. The molecule has 2 aromatic carbocycles. The maximum Gasteiger partial charge on any atom is 0.271 e. The Bertz CT molecular complexity index is 1020. The van der Waals surface area contributed by atoms with Gasteiger partial charge in [0.15, 0.2) is 0 Å². The molecule has 0 aliphatic carbocycles. The van der Waals surface area contributed by atoms with Crippen LogP contribution in [0, 0.1) is 10.1 Å². The molecule has 1 heterocycles. The van der Waals surface area contributed by atoms with Gasteiger partial charge in [0.25, 0.3) is 11.6 Å². The number of hydrogen-bond acceptors (Lipinski definition) is 6. The smallest absolute Gasteiger partial charge is 0.271 e. The summed E-state index contributed by atoms with van der Waals surface area (Å²) < 4.78 is 12.1. The highest BCUT2D eigenvalue weighted by Crippen LogP contribution is 2.29. The van der Waals surface area contributed by atoms with Crippen molar-refractivity contribution in [3.63, 3.8) is 0 Å². The Hall–Kier alpha value is -3.43. The maximum absolute atomic E-state index is 12.3. The molecule has 9 nitrogen and oxygen atoms in total. The normalized spacial score (nSPS) is 10.6. The van der Waals surface area contributed by atoms with Gasteiger partial charge in [-0.2, -0.15) is 5.10 Å². The average molecular weight is 417 g/mol. The van der Waals surface area contributed by atoms with Crippen LogP contribution in [-0.2, 0) is 18.1 Å². The van der Waals surface area contributed by atoms with E-state index in [0.29, 0.717) is 23.7 Å². The number of aromatic nitrogens is 2. The van der Waals surface area contributed by atoms with Gasteiger partial charge in [0.2, 0.25) is 0 Å². The number of halogens is 1. The lowest BCUT2D eigenvalue weighted by Crippen LogP contribution is -2.11. The molecule has 10 heteroatoms. The Kier molecular flexibility index (Phi) is 6.43. The van der Waals surface area contributed by atoms with Crippen LogP contribution in [0.2, 0.25) is 5.02 Å². The predicted molar refractivity (Wildman–Crippen MR) is 106 cm³/mol. The Morgan fingerprint density at radius 2 is 2.03 bits per heavy atom. The number of nitro benzene ring substituents is 1. The van der Waals surface area contributed by atoms with Crippen molar-refractivity contribution in [2.75, 3.05) is 12.4 Å². The molecule has 0 aliphatic heterocycles. The summed E-state index contributed by atoms with van der Waals surface area (Å²) in [5.41, 5.74) is 1.74. The van der Waals surface area contributed by atoms with Crippen LogP contribution in [-0.4, -0.2) is 27.7 Å². The number of carbonyl (C=O) groups excluding carboxylic acids is 1. The quantitative estimate of drug-likeness (QED) is 0.441. The number of rotatable bonds is 8. The van der Waals surface area contributed by atoms with Crippen molar-refractivity contribution in [1.82, 2.24) is 9.78 Å². The van der Waals surface area contributed by atoms with Crippen LogP contribution in [0.4, 0.5) is 11.4 Å². The summed E-state index contributed by atoms with van der Waals surface area (Å²) in [5.74, 6) is 0.0694. The molecule has 0 fully saturated rings. The average Bonchev–Trinajstić information content (AvgIpc) is 3.14. The summed E-state index contributed by atoms with van der Waals surface area (Å²) in [7, 11) is 1.56. The number of amides is 1. The molecule has 29 heavy (non-hydrogen) atoms. The SMILES string of the molecule is COCn1cc(NC(=O)c2ccc(COc3ccc([N+](=O)[O-])cc3Cl)cc2)cn1. The van der Waals surface area contributed by atoms with Crippen LogP contribution in [0.15, 0.2) is 54.9 Å². The second kappa shape index (κ2) is 9.18. The molecule has 0 bridgehead atoms. The zero-order valence-corrected chi connectivity index (χ0v) is 16.1. The van der Waals surface area contributed by atoms with E-state index < -0.39 is 4.92 Å². The largest absolute Gasteiger partial charge is 0.487 e. The summed E-state index contributed by atoms with van der Waals surface area (Å²) >= 11 is 6.01. The van der Waals surface area contributed by atoms with E-state index in [1.54, 1.807) is 42.3 Å². The number of nitrogens with one attached hydrogen (secondary N) is 1. The third-order valence-electron chi connectivity index (χ3n) is 3.89. The van der Waals surface area contributed by atoms with E-state index in [0.717, 1.165) is 5.56 Å². The van der Waals surface area contributed by atoms with Gasteiger partial charge in [-0.1, -0.05) is 23.7 Å². The second-order valence-electron chi connectivity index (χ2n) is 6.00. The van der Waals surface area contributed by atoms with Crippen LogP contribution in [0.25, 0.3) is 0 Å². The van der Waals surface area contributed by atoms with Crippen LogP contribution in [0.3, 0.4) is 0 Å². The Balaban J connectivity index is 1.58. The van der Waals surface area contributed by atoms with Crippen LogP contribution >= 0.6 is 11.6 Å². The van der Waals surface area contributed by atoms with E-state index in [2.05, 4.69) is 10.4 Å². The first-order valence-electron chi connectivity index (χ1n) is 8.44. The van der Waals surface area contributed by atoms with Crippen molar-refractivity contribution in [3.05, 3.63) is 81.1 Å². The van der Waals surface area contributed by atoms with E-state index in [9.17, 15) is 14.9 Å². The third kappa shape index (κ3) is 5.31. The molecule has 0 saturated carbocycles. The van der Waals surface area contributed by atoms with Crippen LogP contribution < -0.4 is 10.1 Å². The molecule has 0 unspecified atom stereocenters. The van der Waals surface area contributed by atoms with Crippen molar-refractivity contribution >= 4 is 28.9 Å². The molecule has 1 aromatic heterocycles. The molecule has 3 rings (SSSR count). The lowest BCUT2D eigenvalue weighted by atomic mass is 10.1. The maximum atomic E-state index is 12.3. The molecule has 0 spiro atoms. The fraction of sp³-hybridized carbons (Fsp3) is 0.158. The molecule has 3 aromatic rings. The summed E-state index contributed by atoms with van der Waals surface area (Å²) in [6.07, 6.45) is 3.20. The Morgan fingerprint density at radius 1 is 1.28 bits per heavy atom. The molecular formula is C19H17ClN4O5. The van der Waals surface area contributed by atoms with Crippen LogP contribution in [0.1, 0.15) is 15.9 Å². The molecule has 1 N–H and O–H groups in total. The van der Waals surface area contributed by atoms with E-state index in [1.807, 2.05) is 0 Å². The highest BCUT2D eigenvalue weighted by Gasteiger charge is 2.11. The topological polar surface area (TPSA) is 109 Å². The molecule has 0 aliphatic rings. The lowest BCUT2D eigenvalue weighted by Gasteiger charge is -2.09. The van der Waals surface area contributed by atoms with Gasteiger partial charge in [-0.15, -0.1) is 0 Å². The molecule has 0 radical (unpaired) electrons. The minimum Gasteiger partial charge on any atom is -0.487 e. The number of benzene rings is 2. The number of ether oxygens (including phenoxy) is 2. The van der Waals surface area contributed by atoms with E-state index in [4.69, 9.17) is 21.1 Å². The van der Waals surface area contributed by atoms with Gasteiger partial charge in [0.05, 0.1) is 28.0 Å². The highest BCUT2D eigenvalue weighted by molar-refractivity contribution is 6.32. The van der Waals surface area contributed by atoms with Gasteiger partial charge < -0.3 is 14.8 Å². The van der Waals surface area contributed by atoms with Gasteiger partial charge in [0.1, 0.15) is 19.1 Å². The van der Waals surface area contributed by atoms with Gasteiger partial charge in [-0.25, -0.2) is 4.68 Å². The van der Waals surface area contributed by atoms with E-state index in [1.165, 1.54) is 24.4 Å². The summed E-state index contributed by atoms with van der Waals surface area (Å²) in [6.45, 7) is 0.493. The number of hydrogen-bond donors (Lipinski definition) is 1. The number of methoxy groups -OCH3 is 1. The Morgan fingerprint density at radius 3 is 2.69 bits per heavy atom. The van der Waals surface area contributed by atoms with Crippen molar-refractivity contribution in [2.45, 2.75) is 13.3 Å². The third-order valence-corrected chi connectivity index (χ3v) is 4.18. The van der Waals surface area contributed by atoms with E-state index >= 15 is 0 Å². The molecule has 1 amide bonds. The van der Waals surface area contributed by atoms with Crippen molar-refractivity contribution < 1.29 is 19.2 Å². The van der Waals surface area contributed by atoms with E-state index in [-0.39, 0.29) is 23.2 Å². The predicted octanol–water partition coefficient (Wildman–Crippen LogP) is 3.88. The number of nitrogens with zero attached hydrogens (tertiary/aromatic N) is 3. The monoisotopic (exact) mass is 416 g/mol. The zero-order valence-electron chi connectivity index (χ0n) is 15.4. The fourth-order valence-corrected chi connectivity index (χ4v) is 2.70. The summed E-state index contributed by atoms with van der Waals surface area (Å²) in [6, 6.07) is 10.9. The van der Waals surface area contributed by atoms with Crippen molar-refractivity contribution in [2.24, 2.45) is 0 Å². The fourth-order valence-electron chi connectivity index (χ4n) is 2.47. The standard InChI is InChI=1S/C19H17ClN4O5/c1-28-12-23-10-15(9-21-23)22-19(25)14-4-2-13(3-5-14)11-29-18-7-6-16(24(26)27)8-17(18)20/h2-10H,11-12H2,1H3,(H,22,25). The van der Waals surface area contributed by atoms with Gasteiger partial charge in [0, 0.05) is 24.8 Å². The highest BCUT2D eigenvalue weighted by atomic mass is 35.5. The molecule has 150 valence electrons. The second-order valence-corrected chi connectivity index (χ2v) is 6.41. The minimum atomic E-state index is -0.526. The molecular weight excluding hydrogens is 400 g/mol. The number of anilines is 1. The number of non-ortho nitro benzene ring substituents is 1. The zero-order chi connectivity index (χ0) is 20.8. The number of carbonyl (C=O) groups is 1. The molecule has 0 saturated heterocycles. The first-order chi connectivity index (χ1) is 14.0. The summed E-state index contributed by atoms with van der Waals surface area (Å²) in [4.78, 5) is 22.5. The summed E-state index contributed by atoms with van der Waals surface area (Å²) in [5, 5.41) is 17.7. The lowest BCUT2D eigenvalue weighted by molar-refractivity contribution is -0.384. The minimum absolute atomic E-state index is 0.106. The van der Waals surface area contributed by atoms with Crippen LogP contribution in [0.5, 0.6) is 5.75 Å².